The van der Waals surface area contributed by atoms with Gasteiger partial charge in [0.25, 0.3) is 6.71 Å². The molecule has 7 aromatic rings. The molecule has 2 nitrogen and oxygen atoms in total. The van der Waals surface area contributed by atoms with Gasteiger partial charge in [-0.25, -0.2) is 0 Å². The molecule has 312 valence electrons. The predicted molar refractivity (Wildman–Crippen MR) is 269 cm³/mol. The average molecular weight is 821 g/mol. The molecule has 0 N–H and O–H groups in total. The third-order valence-corrected chi connectivity index (χ3v) is 12.8. The Bertz CT molecular complexity index is 3080. The van der Waals surface area contributed by atoms with E-state index in [1.807, 2.05) is 12.1 Å². The van der Waals surface area contributed by atoms with Crippen molar-refractivity contribution in [1.29, 1.82) is 0 Å². The second kappa shape index (κ2) is 14.9. The van der Waals surface area contributed by atoms with Gasteiger partial charge in [0.15, 0.2) is 0 Å². The van der Waals surface area contributed by atoms with Crippen LogP contribution in [0.5, 0.6) is 0 Å². The Balaban J connectivity index is 1.51. The largest absolute Gasteiger partial charge is 0.311 e. The molecule has 0 unspecified atom stereocenters. The molecule has 7 aromatic carbocycles. The molecule has 62 heavy (non-hydrogen) atoms. The monoisotopic (exact) mass is 821 g/mol. The van der Waals surface area contributed by atoms with Gasteiger partial charge in [-0.3, -0.25) is 0 Å². The second-order valence-corrected chi connectivity index (χ2v) is 21.2. The van der Waals surface area contributed by atoms with Gasteiger partial charge in [0, 0.05) is 40.0 Å². The molecule has 2 aliphatic heterocycles. The van der Waals surface area contributed by atoms with Crippen LogP contribution in [0.2, 0.25) is 0 Å². The first kappa shape index (κ1) is 31.1. The molecule has 0 fully saturated rings. The summed E-state index contributed by atoms with van der Waals surface area (Å²) >= 11 is 0. The lowest BCUT2D eigenvalue weighted by atomic mass is 9.33. The fraction of sp³-hybridized carbons (Fsp3) is 0.288. The van der Waals surface area contributed by atoms with Crippen LogP contribution in [0.3, 0.4) is 0 Å². The van der Waals surface area contributed by atoms with Gasteiger partial charge in [0.1, 0.15) is 0 Å². The third kappa shape index (κ3) is 7.38. The standard InChI is InChI=1S/C59H63BN2/c1-56(2,3)42-23-29-46(30-24-42)61-50-33-27-44(58(7,8)9)37-48(50)60-49-38-45(59(10,11)12)28-34-51(49)62(47-31-25-43(26-32-47)57(4,5)6)53-36-41(35-52(61)55(53)60)54(39-19-15-13-16-20-39)40-21-17-14-18-22-40/h13-38,54H,1-12H3/i13D,14D,15D,16D,17D,18D,19D,20D,21D,22D. The van der Waals surface area contributed by atoms with E-state index in [1.54, 1.807) is 0 Å². The van der Waals surface area contributed by atoms with E-state index in [9.17, 15) is 5.48 Å². The van der Waals surface area contributed by atoms with Gasteiger partial charge in [0.05, 0.1) is 13.7 Å². The van der Waals surface area contributed by atoms with Crippen LogP contribution in [-0.2, 0) is 21.7 Å². The molecule has 0 saturated heterocycles. The second-order valence-electron chi connectivity index (χ2n) is 21.2. The zero-order valence-electron chi connectivity index (χ0n) is 48.3. The van der Waals surface area contributed by atoms with Crippen molar-refractivity contribution < 1.29 is 13.7 Å². The maximum absolute atomic E-state index is 9.46. The molecule has 2 heterocycles. The Morgan fingerprint density at radius 2 is 0.726 bits per heavy atom. The summed E-state index contributed by atoms with van der Waals surface area (Å²) < 4.78 is 90.7. The minimum Gasteiger partial charge on any atom is -0.311 e. The molecule has 0 amide bonds. The fourth-order valence-corrected chi connectivity index (χ4v) is 9.19. The highest BCUT2D eigenvalue weighted by atomic mass is 15.2. The van der Waals surface area contributed by atoms with Gasteiger partial charge in [-0.2, -0.15) is 0 Å². The Morgan fingerprint density at radius 1 is 0.387 bits per heavy atom. The van der Waals surface area contributed by atoms with Crippen LogP contribution in [0.4, 0.5) is 34.1 Å². The van der Waals surface area contributed by atoms with Gasteiger partial charge < -0.3 is 9.80 Å². The van der Waals surface area contributed by atoms with Crippen molar-refractivity contribution in [3.8, 4) is 0 Å². The van der Waals surface area contributed by atoms with Crippen molar-refractivity contribution in [2.24, 2.45) is 0 Å². The van der Waals surface area contributed by atoms with E-state index in [2.05, 4.69) is 178 Å². The highest BCUT2D eigenvalue weighted by Gasteiger charge is 2.45. The summed E-state index contributed by atoms with van der Waals surface area (Å²) in [6, 6.07) is 28.9. The van der Waals surface area contributed by atoms with E-state index in [0.717, 1.165) is 61.6 Å². The minimum absolute atomic E-state index is 0.136. The van der Waals surface area contributed by atoms with E-state index < -0.39 is 66.3 Å². The van der Waals surface area contributed by atoms with Crippen LogP contribution in [0, 0.1) is 0 Å². The first-order valence-corrected chi connectivity index (χ1v) is 21.8. The average Bonchev–Trinajstić information content (AvgIpc) is 3.31. The van der Waals surface area contributed by atoms with E-state index in [-0.39, 0.29) is 39.5 Å². The van der Waals surface area contributed by atoms with Crippen molar-refractivity contribution >= 4 is 57.2 Å². The molecule has 3 heteroatoms. The number of rotatable bonds is 5. The predicted octanol–water partition coefficient (Wildman–Crippen LogP) is 14.1. The van der Waals surface area contributed by atoms with Crippen LogP contribution >= 0.6 is 0 Å². The van der Waals surface area contributed by atoms with Crippen molar-refractivity contribution in [3.63, 3.8) is 0 Å². The van der Waals surface area contributed by atoms with Crippen molar-refractivity contribution in [3.05, 3.63) is 196 Å². The number of nitrogens with zero attached hydrogens (tertiary/aromatic N) is 2. The Labute approximate surface area is 386 Å². The summed E-state index contributed by atoms with van der Waals surface area (Å²) in [4.78, 5) is 4.49. The van der Waals surface area contributed by atoms with Gasteiger partial charge in [-0.15, -0.1) is 0 Å². The molecule has 0 aliphatic carbocycles. The van der Waals surface area contributed by atoms with Gasteiger partial charge >= 0.3 is 0 Å². The molecule has 0 atom stereocenters. The van der Waals surface area contributed by atoms with E-state index in [0.29, 0.717) is 5.56 Å². The number of benzene rings is 7. The summed E-state index contributed by atoms with van der Waals surface area (Å²) in [5.41, 5.74) is 12.2. The Kier molecular flexibility index (Phi) is 7.49. The highest BCUT2D eigenvalue weighted by molar-refractivity contribution is 7.00. The van der Waals surface area contributed by atoms with Gasteiger partial charge in [-0.05, 0) is 126 Å². The van der Waals surface area contributed by atoms with Crippen LogP contribution in [-0.4, -0.2) is 6.71 Å². The highest BCUT2D eigenvalue weighted by Crippen LogP contribution is 2.48. The Hall–Kier alpha value is -5.80. The molecular weight excluding hydrogens is 747 g/mol. The zero-order valence-corrected chi connectivity index (χ0v) is 38.3. The normalized spacial score (nSPS) is 16.1. The minimum atomic E-state index is -1.43. The quantitative estimate of drug-likeness (QED) is 0.126. The molecule has 0 spiro atoms. The SMILES string of the molecule is [2H]c1c([2H])c([2H])c(C(c2cc3c4c(c2)N(c2ccc(C(C)(C)C)cc2)c2ccc(C(C)(C)C)cc2B4c2cc(C(C)(C)C)ccc2N3c2ccc(C(C)(C)C)cc2)c2c([2H])c([2H])c([2H])c([2H])c2[2H])c([2H])c1[2H]. The maximum atomic E-state index is 9.46. The summed E-state index contributed by atoms with van der Waals surface area (Å²) in [6.07, 6.45) is 0. The smallest absolute Gasteiger partial charge is 0.252 e. The van der Waals surface area contributed by atoms with Crippen molar-refractivity contribution in [2.45, 2.75) is 111 Å². The van der Waals surface area contributed by atoms with Gasteiger partial charge in [-0.1, -0.05) is 192 Å². The van der Waals surface area contributed by atoms with Crippen LogP contribution in [0.15, 0.2) is 157 Å². The van der Waals surface area contributed by atoms with Gasteiger partial charge in [0.2, 0.25) is 0 Å². The van der Waals surface area contributed by atoms with Crippen LogP contribution in [0.25, 0.3) is 0 Å². The van der Waals surface area contributed by atoms with Crippen LogP contribution in [0.1, 0.15) is 142 Å². The molecule has 0 bridgehead atoms. The number of anilines is 6. The van der Waals surface area contributed by atoms with Crippen LogP contribution < -0.4 is 26.2 Å². The van der Waals surface area contributed by atoms with Crippen molar-refractivity contribution in [1.82, 2.24) is 0 Å². The summed E-state index contributed by atoms with van der Waals surface area (Å²) in [7, 11) is 0. The lowest BCUT2D eigenvalue weighted by Crippen LogP contribution is -2.61. The molecule has 0 saturated carbocycles. The van der Waals surface area contributed by atoms with E-state index >= 15 is 0 Å². The summed E-state index contributed by atoms with van der Waals surface area (Å²) in [5.74, 6) is -1.43. The van der Waals surface area contributed by atoms with E-state index in [1.165, 1.54) is 11.1 Å². The molecule has 9 rings (SSSR count). The number of fused-ring (bicyclic) bond motifs is 4. The molecular formula is C59H63BN2. The number of hydrogen-bond donors (Lipinski definition) is 0. The first-order chi connectivity index (χ1) is 33.4. The zero-order chi connectivity index (χ0) is 52.6. The summed E-state index contributed by atoms with van der Waals surface area (Å²) in [6.45, 7) is 26.1. The fourth-order valence-electron chi connectivity index (χ4n) is 9.19. The maximum Gasteiger partial charge on any atom is 0.252 e. The lowest BCUT2D eigenvalue weighted by molar-refractivity contribution is 0.590. The third-order valence-electron chi connectivity index (χ3n) is 12.8. The Morgan fingerprint density at radius 3 is 1.06 bits per heavy atom. The number of hydrogen-bond acceptors (Lipinski definition) is 2. The molecule has 2 aliphatic rings. The topological polar surface area (TPSA) is 6.48 Å². The lowest BCUT2D eigenvalue weighted by Gasteiger charge is -2.45. The molecule has 0 radical (unpaired) electrons. The molecule has 0 aromatic heterocycles. The summed E-state index contributed by atoms with van der Waals surface area (Å²) in [5, 5.41) is 0. The first-order valence-electron chi connectivity index (χ1n) is 26.8. The van der Waals surface area contributed by atoms with E-state index in [4.69, 9.17) is 8.22 Å². The van der Waals surface area contributed by atoms with Crippen molar-refractivity contribution in [2.75, 3.05) is 9.80 Å².